The van der Waals surface area contributed by atoms with E-state index in [0.717, 1.165) is 0 Å². The van der Waals surface area contributed by atoms with E-state index >= 15 is 0 Å². The number of hydrogen-bond donors (Lipinski definition) is 1. The number of rotatable bonds is 4. The molecule has 8 heteroatoms. The van der Waals surface area contributed by atoms with Crippen molar-refractivity contribution in [2.75, 3.05) is 7.05 Å². The summed E-state index contributed by atoms with van der Waals surface area (Å²) in [5.41, 5.74) is 4.13. The molecular weight excluding hydrogens is 313 g/mol. The number of nitrogens with zero attached hydrogens (tertiary/aromatic N) is 3. The lowest BCUT2D eigenvalue weighted by molar-refractivity contribution is 0.617. The Labute approximate surface area is 130 Å². The van der Waals surface area contributed by atoms with Gasteiger partial charge in [-0.2, -0.15) is 0 Å². The maximum atomic E-state index is 4.11. The maximum absolute atomic E-state index is 4.11. The van der Waals surface area contributed by atoms with E-state index in [1.165, 1.54) is 0 Å². The first-order valence-electron chi connectivity index (χ1n) is 6.52. The molecule has 0 atom stereocenters. The molecule has 0 bridgehead atoms. The van der Waals surface area contributed by atoms with Crippen molar-refractivity contribution in [2.45, 2.75) is 19.6 Å². The molecule has 0 aromatic heterocycles. The summed E-state index contributed by atoms with van der Waals surface area (Å²) >= 11 is 0. The van der Waals surface area contributed by atoms with Crippen LogP contribution in [0.2, 0.25) is 19.6 Å². The fraction of sp³-hybridized carbons (Fsp3) is 0.333. The number of nitrogens with one attached hydrogen (secondary N) is 1. The van der Waals surface area contributed by atoms with E-state index in [-0.39, 0.29) is 0 Å². The molecular formula is C12H25N4Si4. The average molecular weight is 338 g/mol. The summed E-state index contributed by atoms with van der Waals surface area (Å²) in [6.45, 7) is 23.3. The van der Waals surface area contributed by atoms with Crippen LogP contribution in [-0.2, 0) is 0 Å². The molecule has 0 amide bonds. The van der Waals surface area contributed by atoms with Gasteiger partial charge in [0, 0.05) is 0 Å². The third-order valence-corrected chi connectivity index (χ3v) is 20.2. The van der Waals surface area contributed by atoms with Crippen LogP contribution in [0.15, 0.2) is 50.1 Å². The van der Waals surface area contributed by atoms with Gasteiger partial charge in [0.25, 0.3) is 18.2 Å². The van der Waals surface area contributed by atoms with Gasteiger partial charge in [0.05, 0.1) is 0 Å². The second kappa shape index (κ2) is 6.41. The lowest BCUT2D eigenvalue weighted by Crippen LogP contribution is -2.79. The van der Waals surface area contributed by atoms with Gasteiger partial charge in [-0.15, -0.1) is 13.2 Å². The van der Waals surface area contributed by atoms with Crippen molar-refractivity contribution >= 4 is 35.8 Å². The Morgan fingerprint density at radius 3 is 2.05 bits per heavy atom. The Kier molecular flexibility index (Phi) is 5.58. The molecule has 20 heavy (non-hydrogen) atoms. The van der Waals surface area contributed by atoms with Gasteiger partial charge in [-0.05, 0) is 39.1 Å². The SMILES string of the molecule is C=CN1[Si]N[Si](C)N(C)[Si](C)(C)N(C=C)[Si]1(C=C)C=C. The first-order valence-corrected chi connectivity index (χ1v) is 14.4. The quantitative estimate of drug-likeness (QED) is 0.788. The monoisotopic (exact) mass is 337 g/mol. The third-order valence-electron chi connectivity index (χ3n) is 4.01. The van der Waals surface area contributed by atoms with Crippen molar-refractivity contribution in [2.24, 2.45) is 0 Å². The van der Waals surface area contributed by atoms with E-state index in [4.69, 9.17) is 0 Å². The summed E-state index contributed by atoms with van der Waals surface area (Å²) in [6.07, 6.45) is 3.90. The predicted octanol–water partition coefficient (Wildman–Crippen LogP) is 1.66. The fourth-order valence-electron chi connectivity index (χ4n) is 2.48. The van der Waals surface area contributed by atoms with Crippen molar-refractivity contribution < 1.29 is 0 Å². The predicted molar refractivity (Wildman–Crippen MR) is 96.0 cm³/mol. The molecule has 0 spiro atoms. The van der Waals surface area contributed by atoms with Gasteiger partial charge in [-0.25, -0.2) is 0 Å². The van der Waals surface area contributed by atoms with E-state index in [1.54, 1.807) is 0 Å². The molecule has 1 aliphatic heterocycles. The smallest absolute Gasteiger partial charge is 0.299 e. The topological polar surface area (TPSA) is 21.8 Å². The molecule has 1 aliphatic rings. The Morgan fingerprint density at radius 2 is 1.65 bits per heavy atom. The van der Waals surface area contributed by atoms with Gasteiger partial charge in [0.15, 0.2) is 0 Å². The van der Waals surface area contributed by atoms with Crippen LogP contribution in [0.5, 0.6) is 0 Å². The second-order valence-corrected chi connectivity index (χ2v) is 17.5. The highest BCUT2D eigenvalue weighted by molar-refractivity contribution is 7.00. The van der Waals surface area contributed by atoms with Crippen molar-refractivity contribution in [3.05, 3.63) is 50.1 Å². The van der Waals surface area contributed by atoms with E-state index in [0.29, 0.717) is 9.84 Å². The normalized spacial score (nSPS) is 23.6. The Balaban J connectivity index is 3.49. The molecule has 109 valence electrons. The van der Waals surface area contributed by atoms with Crippen LogP contribution < -0.4 is 4.65 Å². The second-order valence-electron chi connectivity index (χ2n) is 5.17. The minimum absolute atomic E-state index is 0.499. The summed E-state index contributed by atoms with van der Waals surface area (Å²) in [5, 5.41) is 0. The first-order chi connectivity index (χ1) is 9.31. The van der Waals surface area contributed by atoms with E-state index in [2.05, 4.69) is 81.7 Å². The lowest BCUT2D eigenvalue weighted by atomic mass is 11.1. The van der Waals surface area contributed by atoms with Gasteiger partial charge >= 0.3 is 0 Å². The van der Waals surface area contributed by atoms with Crippen LogP contribution in [0, 0.1) is 0 Å². The van der Waals surface area contributed by atoms with Crippen LogP contribution in [0.25, 0.3) is 0 Å². The average Bonchev–Trinajstić information content (AvgIpc) is 2.44. The van der Waals surface area contributed by atoms with Crippen LogP contribution in [0.3, 0.4) is 0 Å². The first kappa shape index (κ1) is 17.4. The summed E-state index contributed by atoms with van der Waals surface area (Å²) in [7, 11) is -2.10. The van der Waals surface area contributed by atoms with Crippen molar-refractivity contribution in [3.63, 3.8) is 0 Å². The Hall–Kier alpha value is -0.652. The minimum atomic E-state index is -2.23. The third kappa shape index (κ3) is 2.59. The Morgan fingerprint density at radius 1 is 1.10 bits per heavy atom. The molecule has 1 heterocycles. The largest absolute Gasteiger partial charge is 0.397 e. The molecule has 0 unspecified atom stereocenters. The summed E-state index contributed by atoms with van der Waals surface area (Å²) in [5.74, 6) is 0. The molecule has 3 radical (unpaired) electrons. The van der Waals surface area contributed by atoms with Gasteiger partial charge < -0.3 is 17.3 Å². The van der Waals surface area contributed by atoms with Crippen molar-refractivity contribution in [1.29, 1.82) is 0 Å². The zero-order chi connectivity index (χ0) is 15.6. The lowest BCUT2D eigenvalue weighted by Gasteiger charge is -2.56. The molecule has 0 aromatic carbocycles. The van der Waals surface area contributed by atoms with Gasteiger partial charge in [0.1, 0.15) is 0 Å². The highest BCUT2D eigenvalue weighted by Gasteiger charge is 2.50. The van der Waals surface area contributed by atoms with Crippen LogP contribution in [0.1, 0.15) is 0 Å². The highest BCUT2D eigenvalue weighted by atomic mass is 28.5. The molecule has 4 nitrogen and oxygen atoms in total. The Bertz CT molecular complexity index is 404. The highest BCUT2D eigenvalue weighted by Crippen LogP contribution is 2.28. The van der Waals surface area contributed by atoms with Gasteiger partial charge in [-0.3, -0.25) is 0 Å². The van der Waals surface area contributed by atoms with Gasteiger partial charge in [-0.1, -0.05) is 24.6 Å². The summed E-state index contributed by atoms with van der Waals surface area (Å²) in [4.78, 5) is 0. The van der Waals surface area contributed by atoms with E-state index in [9.17, 15) is 0 Å². The van der Waals surface area contributed by atoms with Crippen LogP contribution >= 0.6 is 0 Å². The van der Waals surface area contributed by atoms with E-state index < -0.39 is 25.9 Å². The van der Waals surface area contributed by atoms with Crippen molar-refractivity contribution in [1.82, 2.24) is 17.3 Å². The van der Waals surface area contributed by atoms with E-state index in [1.807, 2.05) is 12.4 Å². The van der Waals surface area contributed by atoms with Gasteiger partial charge in [0.2, 0.25) is 17.5 Å². The minimum Gasteiger partial charge on any atom is -0.397 e. The zero-order valence-electron chi connectivity index (χ0n) is 13.0. The molecule has 0 aromatic rings. The summed E-state index contributed by atoms with van der Waals surface area (Å²) in [6, 6.07) is 0. The molecule has 1 rings (SSSR count). The fourth-order valence-corrected chi connectivity index (χ4v) is 18.5. The van der Waals surface area contributed by atoms with Crippen LogP contribution in [-0.4, -0.2) is 55.5 Å². The molecule has 0 saturated carbocycles. The molecule has 1 fully saturated rings. The standard InChI is InChI=1S/C12H25N4Si4/c1-9-15-17-13-18(6)14(5)19(7,8)16(10-2)20(15,11-3)12-4/h9-13H,1-4H2,5-8H3. The molecule has 1 saturated heterocycles. The molecule has 0 aliphatic carbocycles. The zero-order valence-corrected chi connectivity index (χ0v) is 17.0. The van der Waals surface area contributed by atoms with Crippen molar-refractivity contribution in [3.8, 4) is 0 Å². The summed E-state index contributed by atoms with van der Waals surface area (Å²) < 4.78 is 11.0. The maximum Gasteiger partial charge on any atom is 0.299 e. The van der Waals surface area contributed by atoms with Crippen LogP contribution in [0.4, 0.5) is 0 Å². The molecule has 1 N–H and O–H groups in total. The number of hydrogen-bond acceptors (Lipinski definition) is 4.